The maximum Gasteiger partial charge on any atom is 0.410 e. The van der Waals surface area contributed by atoms with E-state index in [0.29, 0.717) is 13.0 Å². The number of methoxy groups -OCH3 is 1. The lowest BCUT2D eigenvalue weighted by Gasteiger charge is -2.38. The Balaban J connectivity index is 2.82. The Morgan fingerprint density at radius 3 is 2.42 bits per heavy atom. The number of carboxylic acids is 1. The van der Waals surface area contributed by atoms with Crippen molar-refractivity contribution in [1.82, 2.24) is 4.90 Å². The van der Waals surface area contributed by atoms with Crippen molar-refractivity contribution in [2.24, 2.45) is 0 Å². The molecular formula is C13H23NO5. The predicted octanol–water partition coefficient (Wildman–Crippen LogP) is 1.88. The van der Waals surface area contributed by atoms with Gasteiger partial charge in [-0.1, -0.05) is 0 Å². The molecule has 6 heteroatoms. The smallest absolute Gasteiger partial charge is 0.410 e. The molecular weight excluding hydrogens is 250 g/mol. The van der Waals surface area contributed by atoms with Crippen molar-refractivity contribution in [2.45, 2.75) is 57.8 Å². The number of nitrogens with zero attached hydrogens (tertiary/aromatic N) is 1. The van der Waals surface area contributed by atoms with Crippen LogP contribution in [-0.2, 0) is 14.3 Å². The Morgan fingerprint density at radius 1 is 1.32 bits per heavy atom. The normalized spacial score (nSPS) is 21.9. The fourth-order valence-corrected chi connectivity index (χ4v) is 2.24. The molecule has 1 amide bonds. The minimum atomic E-state index is -1.05. The van der Waals surface area contributed by atoms with Crippen molar-refractivity contribution in [2.75, 3.05) is 13.7 Å². The zero-order chi connectivity index (χ0) is 14.6. The van der Waals surface area contributed by atoms with Crippen molar-refractivity contribution >= 4 is 12.1 Å². The number of hydrogen-bond donors (Lipinski definition) is 1. The number of carbonyl (C=O) groups excluding carboxylic acids is 1. The molecule has 1 aliphatic rings. The van der Waals surface area contributed by atoms with Gasteiger partial charge in [0, 0.05) is 13.7 Å². The third-order valence-electron chi connectivity index (χ3n) is 3.02. The Kier molecular flexibility index (Phi) is 5.17. The van der Waals surface area contributed by atoms with Gasteiger partial charge in [-0.2, -0.15) is 0 Å². The van der Waals surface area contributed by atoms with Crippen LogP contribution in [0.3, 0.4) is 0 Å². The summed E-state index contributed by atoms with van der Waals surface area (Å²) in [5, 5.41) is 9.15. The molecule has 0 bridgehead atoms. The summed E-state index contributed by atoms with van der Waals surface area (Å²) in [6.07, 6.45) is 0.876. The van der Waals surface area contributed by atoms with E-state index in [1.165, 1.54) is 12.0 Å². The number of hydrogen-bond acceptors (Lipinski definition) is 4. The fourth-order valence-electron chi connectivity index (χ4n) is 2.24. The summed E-state index contributed by atoms with van der Waals surface area (Å²) in [6, 6.07) is -0.467. The molecule has 0 aromatic carbocycles. The first-order chi connectivity index (χ1) is 8.76. The molecule has 110 valence electrons. The molecule has 1 saturated heterocycles. The van der Waals surface area contributed by atoms with E-state index < -0.39 is 29.8 Å². The molecule has 0 aromatic heterocycles. The first-order valence-corrected chi connectivity index (χ1v) is 6.51. The molecule has 6 nitrogen and oxygen atoms in total. The number of ether oxygens (including phenoxy) is 2. The lowest BCUT2D eigenvalue weighted by molar-refractivity contribution is -0.153. The van der Waals surface area contributed by atoms with E-state index in [9.17, 15) is 9.59 Å². The van der Waals surface area contributed by atoms with E-state index >= 15 is 0 Å². The minimum Gasteiger partial charge on any atom is -0.479 e. The van der Waals surface area contributed by atoms with Crippen LogP contribution in [0.25, 0.3) is 0 Å². The van der Waals surface area contributed by atoms with Gasteiger partial charge >= 0.3 is 12.1 Å². The van der Waals surface area contributed by atoms with Gasteiger partial charge in [0.1, 0.15) is 5.60 Å². The lowest BCUT2D eigenvalue weighted by atomic mass is 9.97. The van der Waals surface area contributed by atoms with E-state index in [1.807, 2.05) is 0 Å². The molecule has 0 radical (unpaired) electrons. The van der Waals surface area contributed by atoms with Gasteiger partial charge in [-0.25, -0.2) is 9.59 Å². The van der Waals surface area contributed by atoms with Crippen molar-refractivity contribution in [3.05, 3.63) is 0 Å². The fraction of sp³-hybridized carbons (Fsp3) is 0.846. The molecule has 0 unspecified atom stereocenters. The molecule has 0 aromatic rings. The van der Waals surface area contributed by atoms with Crippen LogP contribution in [0, 0.1) is 0 Å². The minimum absolute atomic E-state index is 0.467. The number of rotatable bonds is 3. The largest absolute Gasteiger partial charge is 0.479 e. The summed E-state index contributed by atoms with van der Waals surface area (Å²) in [4.78, 5) is 24.8. The average Bonchev–Trinajstić information content (AvgIpc) is 2.27. The van der Waals surface area contributed by atoms with Crippen LogP contribution in [-0.4, -0.2) is 53.5 Å². The molecule has 0 spiro atoms. The van der Waals surface area contributed by atoms with Gasteiger partial charge in [0.15, 0.2) is 6.10 Å². The zero-order valence-electron chi connectivity index (χ0n) is 12.0. The first-order valence-electron chi connectivity index (χ1n) is 6.51. The van der Waals surface area contributed by atoms with Gasteiger partial charge in [-0.05, 0) is 40.0 Å². The van der Waals surface area contributed by atoms with Crippen LogP contribution in [0.5, 0.6) is 0 Å². The highest BCUT2D eigenvalue weighted by molar-refractivity contribution is 5.75. The van der Waals surface area contributed by atoms with E-state index in [-0.39, 0.29) is 0 Å². The third-order valence-corrected chi connectivity index (χ3v) is 3.02. The number of carbonyl (C=O) groups is 2. The second kappa shape index (κ2) is 6.23. The summed E-state index contributed by atoms with van der Waals surface area (Å²) >= 11 is 0. The summed E-state index contributed by atoms with van der Waals surface area (Å²) in [7, 11) is 1.35. The molecule has 1 aliphatic heterocycles. The SMILES string of the molecule is CO[C@@H](C(=O)O)[C@@H]1CCCCN1C(=O)OC(C)(C)C. The maximum absolute atomic E-state index is 12.1. The Morgan fingerprint density at radius 2 is 1.95 bits per heavy atom. The predicted molar refractivity (Wildman–Crippen MR) is 69.0 cm³/mol. The van der Waals surface area contributed by atoms with Gasteiger partial charge in [-0.3, -0.25) is 0 Å². The summed E-state index contributed by atoms with van der Waals surface area (Å²) in [5.74, 6) is -1.05. The van der Waals surface area contributed by atoms with Crippen molar-refractivity contribution in [3.8, 4) is 0 Å². The maximum atomic E-state index is 12.1. The summed E-state index contributed by atoms with van der Waals surface area (Å²) in [5.41, 5.74) is -0.592. The van der Waals surface area contributed by atoms with E-state index in [4.69, 9.17) is 14.6 Å². The summed E-state index contributed by atoms with van der Waals surface area (Å²) in [6.45, 7) is 5.87. The van der Waals surface area contributed by atoms with Crippen molar-refractivity contribution < 1.29 is 24.2 Å². The van der Waals surface area contributed by atoms with Crippen LogP contribution in [0.4, 0.5) is 4.79 Å². The highest BCUT2D eigenvalue weighted by atomic mass is 16.6. The van der Waals surface area contributed by atoms with E-state index in [2.05, 4.69) is 0 Å². The third kappa shape index (κ3) is 4.38. The van der Waals surface area contributed by atoms with Crippen molar-refractivity contribution in [3.63, 3.8) is 0 Å². The number of piperidine rings is 1. The molecule has 1 fully saturated rings. The first kappa shape index (κ1) is 15.8. The van der Waals surface area contributed by atoms with Crippen LogP contribution in [0.15, 0.2) is 0 Å². The second-order valence-electron chi connectivity index (χ2n) is 5.73. The zero-order valence-corrected chi connectivity index (χ0v) is 12.0. The van der Waals surface area contributed by atoms with Gasteiger partial charge in [0.2, 0.25) is 0 Å². The summed E-state index contributed by atoms with van der Waals surface area (Å²) < 4.78 is 10.3. The number of likely N-dealkylation sites (tertiary alicyclic amines) is 1. The molecule has 1 heterocycles. The molecule has 19 heavy (non-hydrogen) atoms. The highest BCUT2D eigenvalue weighted by Crippen LogP contribution is 2.24. The van der Waals surface area contributed by atoms with Crippen LogP contribution in [0.1, 0.15) is 40.0 Å². The molecule has 1 rings (SSSR count). The molecule has 2 atom stereocenters. The Labute approximate surface area is 113 Å². The van der Waals surface area contributed by atoms with Gasteiger partial charge in [0.25, 0.3) is 0 Å². The van der Waals surface area contributed by atoms with Gasteiger partial charge in [0.05, 0.1) is 6.04 Å². The Hall–Kier alpha value is -1.30. The van der Waals surface area contributed by atoms with Gasteiger partial charge in [-0.15, -0.1) is 0 Å². The second-order valence-corrected chi connectivity index (χ2v) is 5.73. The highest BCUT2D eigenvalue weighted by Gasteiger charge is 2.38. The average molecular weight is 273 g/mol. The van der Waals surface area contributed by atoms with E-state index in [0.717, 1.165) is 12.8 Å². The van der Waals surface area contributed by atoms with Crippen LogP contribution < -0.4 is 0 Å². The standard InChI is InChI=1S/C13H23NO5/c1-13(2,3)19-12(17)14-8-6-5-7-9(14)10(18-4)11(15)16/h9-10H,5-8H2,1-4H3,(H,15,16)/t9-,10+/m0/s1. The number of aliphatic carboxylic acids is 1. The molecule has 0 aliphatic carbocycles. The van der Waals surface area contributed by atoms with Gasteiger partial charge < -0.3 is 19.5 Å². The Bertz CT molecular complexity index is 336. The van der Waals surface area contributed by atoms with Crippen molar-refractivity contribution in [1.29, 1.82) is 0 Å². The topological polar surface area (TPSA) is 76.1 Å². The van der Waals surface area contributed by atoms with Crippen LogP contribution >= 0.6 is 0 Å². The molecule has 1 N–H and O–H groups in total. The molecule has 0 saturated carbocycles. The monoisotopic (exact) mass is 273 g/mol. The quantitative estimate of drug-likeness (QED) is 0.849. The van der Waals surface area contributed by atoms with E-state index in [1.54, 1.807) is 20.8 Å². The number of carboxylic acid groups (broad SMARTS) is 1. The number of amides is 1. The lowest BCUT2D eigenvalue weighted by Crippen LogP contribution is -2.54. The van der Waals surface area contributed by atoms with Crippen LogP contribution in [0.2, 0.25) is 0 Å².